The maximum Gasteiger partial charge on any atom is 0.232 e. The lowest BCUT2D eigenvalue weighted by Crippen LogP contribution is -2.14. The van der Waals surface area contributed by atoms with Gasteiger partial charge < -0.3 is 10.1 Å². The van der Waals surface area contributed by atoms with Gasteiger partial charge in [-0.1, -0.05) is 41.7 Å². The Morgan fingerprint density at radius 3 is 2.68 bits per heavy atom. The molecule has 0 aliphatic rings. The zero-order valence-corrected chi connectivity index (χ0v) is 14.4. The van der Waals surface area contributed by atoms with E-state index in [0.29, 0.717) is 45.7 Å². The highest BCUT2D eigenvalue weighted by Gasteiger charge is 2.10. The van der Waals surface area contributed by atoms with E-state index in [2.05, 4.69) is 20.3 Å². The van der Waals surface area contributed by atoms with Crippen LogP contribution in [0.1, 0.15) is 18.4 Å². The fourth-order valence-electron chi connectivity index (χ4n) is 1.79. The van der Waals surface area contributed by atoms with E-state index in [9.17, 15) is 0 Å². The Balaban J connectivity index is 1.93. The molecule has 0 fully saturated rings. The number of anilines is 1. The first kappa shape index (κ1) is 17.1. The van der Waals surface area contributed by atoms with Gasteiger partial charge in [0.05, 0.1) is 17.3 Å². The maximum absolute atomic E-state index is 6.24. The van der Waals surface area contributed by atoms with Gasteiger partial charge >= 0.3 is 0 Å². The van der Waals surface area contributed by atoms with E-state index in [1.807, 2.05) is 13.8 Å². The van der Waals surface area contributed by atoms with Crippen molar-refractivity contribution in [1.29, 1.82) is 0 Å². The van der Waals surface area contributed by atoms with Gasteiger partial charge in [0.2, 0.25) is 5.88 Å². The van der Waals surface area contributed by atoms with Gasteiger partial charge in [0.25, 0.3) is 0 Å². The largest absolute Gasteiger partial charge is 0.475 e. The predicted octanol–water partition coefficient (Wildman–Crippen LogP) is 4.19. The summed E-state index contributed by atoms with van der Waals surface area (Å²) in [7, 11) is 0. The highest BCUT2D eigenvalue weighted by Crippen LogP contribution is 2.25. The number of hydrogen-bond donors (Lipinski definition) is 1. The SMILES string of the molecule is CCc1nc(C)nc(NCCOc2ncc(Cl)cc2Cl)c1Cl. The molecule has 2 aromatic heterocycles. The summed E-state index contributed by atoms with van der Waals surface area (Å²) in [5.41, 5.74) is 0.819. The third-order valence-corrected chi connectivity index (χ3v) is 3.65. The molecule has 0 aromatic carbocycles. The Bertz CT molecular complexity index is 667. The van der Waals surface area contributed by atoms with Gasteiger partial charge in [-0.15, -0.1) is 0 Å². The van der Waals surface area contributed by atoms with Gasteiger partial charge in [0.15, 0.2) is 0 Å². The Morgan fingerprint density at radius 1 is 1.23 bits per heavy atom. The Kier molecular flexibility index (Phi) is 6.06. The van der Waals surface area contributed by atoms with E-state index >= 15 is 0 Å². The second-order valence-corrected chi connectivity index (χ2v) is 5.67. The Hall–Kier alpha value is -1.30. The molecule has 8 heteroatoms. The van der Waals surface area contributed by atoms with E-state index in [1.54, 1.807) is 6.07 Å². The fourth-order valence-corrected chi connectivity index (χ4v) is 2.51. The molecule has 0 saturated carbocycles. The van der Waals surface area contributed by atoms with Crippen LogP contribution in [0, 0.1) is 6.92 Å². The molecule has 0 unspecified atom stereocenters. The number of nitrogens with zero attached hydrogens (tertiary/aromatic N) is 3. The molecule has 0 aliphatic carbocycles. The molecule has 0 bridgehead atoms. The summed E-state index contributed by atoms with van der Waals surface area (Å²) in [6.07, 6.45) is 2.23. The van der Waals surface area contributed by atoms with Crippen LogP contribution >= 0.6 is 34.8 Å². The molecular weight excluding hydrogens is 347 g/mol. The standard InChI is InChI=1S/C14H15Cl3N4O/c1-3-11-12(17)13(21-8(2)20-11)18-4-5-22-14-10(16)6-9(15)7-19-14/h6-7H,3-5H2,1-2H3,(H,18,20,21). The first-order valence-corrected chi connectivity index (χ1v) is 7.85. The summed E-state index contributed by atoms with van der Waals surface area (Å²) in [6.45, 7) is 4.68. The van der Waals surface area contributed by atoms with Gasteiger partial charge in [-0.2, -0.15) is 0 Å². The molecule has 2 rings (SSSR count). The summed E-state index contributed by atoms with van der Waals surface area (Å²) >= 11 is 18.0. The number of aryl methyl sites for hydroxylation is 2. The summed E-state index contributed by atoms with van der Waals surface area (Å²) in [4.78, 5) is 12.6. The summed E-state index contributed by atoms with van der Waals surface area (Å²) in [5, 5.41) is 4.50. The van der Waals surface area contributed by atoms with Crippen molar-refractivity contribution in [2.75, 3.05) is 18.5 Å². The molecule has 0 radical (unpaired) electrons. The van der Waals surface area contributed by atoms with Crippen LogP contribution in [0.2, 0.25) is 15.1 Å². The van der Waals surface area contributed by atoms with Crippen molar-refractivity contribution in [3.05, 3.63) is 38.8 Å². The topological polar surface area (TPSA) is 59.9 Å². The van der Waals surface area contributed by atoms with Crippen molar-refractivity contribution in [2.24, 2.45) is 0 Å². The van der Waals surface area contributed by atoms with Gasteiger partial charge in [-0.25, -0.2) is 15.0 Å². The smallest absolute Gasteiger partial charge is 0.232 e. The normalized spacial score (nSPS) is 10.6. The monoisotopic (exact) mass is 360 g/mol. The minimum atomic E-state index is 0.340. The number of pyridine rings is 1. The Labute approximate surface area is 144 Å². The van der Waals surface area contributed by atoms with Gasteiger partial charge in [0.1, 0.15) is 28.3 Å². The number of rotatable bonds is 6. The zero-order chi connectivity index (χ0) is 16.1. The molecule has 118 valence electrons. The third kappa shape index (κ3) is 4.35. The summed E-state index contributed by atoms with van der Waals surface area (Å²) < 4.78 is 5.49. The van der Waals surface area contributed by atoms with E-state index in [4.69, 9.17) is 39.5 Å². The molecule has 0 aliphatic heterocycles. The molecule has 0 atom stereocenters. The zero-order valence-electron chi connectivity index (χ0n) is 12.2. The Morgan fingerprint density at radius 2 is 2.00 bits per heavy atom. The summed E-state index contributed by atoms with van der Waals surface area (Å²) in [6, 6.07) is 1.58. The molecule has 0 amide bonds. The maximum atomic E-state index is 6.24. The summed E-state index contributed by atoms with van der Waals surface area (Å²) in [5.74, 6) is 1.61. The van der Waals surface area contributed by atoms with Gasteiger partial charge in [-0.3, -0.25) is 0 Å². The lowest BCUT2D eigenvalue weighted by Gasteiger charge is -2.11. The van der Waals surface area contributed by atoms with Crippen molar-refractivity contribution < 1.29 is 4.74 Å². The second-order valence-electron chi connectivity index (χ2n) is 4.45. The van der Waals surface area contributed by atoms with Crippen molar-refractivity contribution in [2.45, 2.75) is 20.3 Å². The number of aromatic nitrogens is 3. The average molecular weight is 362 g/mol. The molecule has 0 spiro atoms. The van der Waals surface area contributed by atoms with Crippen LogP contribution in [0.15, 0.2) is 12.3 Å². The van der Waals surface area contributed by atoms with Crippen molar-refractivity contribution in [3.8, 4) is 5.88 Å². The van der Waals surface area contributed by atoms with Gasteiger partial charge in [-0.05, 0) is 19.4 Å². The van der Waals surface area contributed by atoms with Crippen LogP contribution in [-0.2, 0) is 6.42 Å². The van der Waals surface area contributed by atoms with E-state index in [-0.39, 0.29) is 0 Å². The van der Waals surface area contributed by atoms with Crippen LogP contribution in [0.25, 0.3) is 0 Å². The minimum absolute atomic E-state index is 0.340. The van der Waals surface area contributed by atoms with Crippen LogP contribution in [0.3, 0.4) is 0 Å². The lowest BCUT2D eigenvalue weighted by atomic mass is 10.3. The molecule has 1 N–H and O–H groups in total. The molecular formula is C14H15Cl3N4O. The van der Waals surface area contributed by atoms with Crippen LogP contribution in [0.4, 0.5) is 5.82 Å². The third-order valence-electron chi connectivity index (χ3n) is 2.77. The predicted molar refractivity (Wildman–Crippen MR) is 89.4 cm³/mol. The van der Waals surface area contributed by atoms with Gasteiger partial charge in [0, 0.05) is 6.20 Å². The first-order valence-electron chi connectivity index (χ1n) is 6.72. The number of hydrogen-bond acceptors (Lipinski definition) is 5. The van der Waals surface area contributed by atoms with Crippen LogP contribution < -0.4 is 10.1 Å². The van der Waals surface area contributed by atoms with Crippen molar-refractivity contribution in [1.82, 2.24) is 15.0 Å². The van der Waals surface area contributed by atoms with Crippen LogP contribution in [-0.4, -0.2) is 28.1 Å². The molecule has 2 aromatic rings. The van der Waals surface area contributed by atoms with E-state index in [0.717, 1.165) is 12.1 Å². The lowest BCUT2D eigenvalue weighted by molar-refractivity contribution is 0.320. The first-order chi connectivity index (χ1) is 10.5. The second kappa shape index (κ2) is 7.81. The van der Waals surface area contributed by atoms with Crippen molar-refractivity contribution in [3.63, 3.8) is 0 Å². The molecule has 22 heavy (non-hydrogen) atoms. The average Bonchev–Trinajstić information content (AvgIpc) is 2.48. The quantitative estimate of drug-likeness (QED) is 0.782. The van der Waals surface area contributed by atoms with Crippen LogP contribution in [0.5, 0.6) is 5.88 Å². The molecule has 0 saturated heterocycles. The van der Waals surface area contributed by atoms with Crippen molar-refractivity contribution >= 4 is 40.6 Å². The number of halogens is 3. The fraction of sp³-hybridized carbons (Fsp3) is 0.357. The van der Waals surface area contributed by atoms with E-state index in [1.165, 1.54) is 6.20 Å². The molecule has 2 heterocycles. The number of nitrogens with one attached hydrogen (secondary N) is 1. The number of ether oxygens (including phenoxy) is 1. The minimum Gasteiger partial charge on any atom is -0.475 e. The highest BCUT2D eigenvalue weighted by atomic mass is 35.5. The highest BCUT2D eigenvalue weighted by molar-refractivity contribution is 6.35. The molecule has 5 nitrogen and oxygen atoms in total. The van der Waals surface area contributed by atoms with E-state index < -0.39 is 0 Å².